The van der Waals surface area contributed by atoms with Gasteiger partial charge in [0.25, 0.3) is 0 Å². The van der Waals surface area contributed by atoms with Crippen LogP contribution in [0, 0.1) is 0 Å². The van der Waals surface area contributed by atoms with Crippen molar-refractivity contribution in [1.29, 1.82) is 0 Å². The first-order valence-corrected chi connectivity index (χ1v) is 5.66. The lowest BCUT2D eigenvalue weighted by molar-refractivity contribution is -0.189. The zero-order valence-electron chi connectivity index (χ0n) is 9.50. The number of halogens is 3. The molecule has 1 aromatic heterocycles. The van der Waals surface area contributed by atoms with Crippen molar-refractivity contribution in [1.82, 2.24) is 4.98 Å². The predicted molar refractivity (Wildman–Crippen MR) is 57.0 cm³/mol. The third kappa shape index (κ3) is 2.70. The number of alkyl halides is 3. The van der Waals surface area contributed by atoms with Crippen LogP contribution in [0.5, 0.6) is 5.75 Å². The molecule has 0 aliphatic heterocycles. The lowest BCUT2D eigenvalue weighted by atomic mass is 9.80. The SMILES string of the molecule is C[C@H](Oc1ccncc1C1CCC1)C(F)(F)F. The maximum Gasteiger partial charge on any atom is 0.425 e. The van der Waals surface area contributed by atoms with Gasteiger partial charge in [0.05, 0.1) is 0 Å². The Hall–Kier alpha value is -1.26. The number of hydrogen-bond acceptors (Lipinski definition) is 2. The smallest absolute Gasteiger partial charge is 0.425 e. The third-order valence-corrected chi connectivity index (χ3v) is 3.12. The molecule has 1 aliphatic carbocycles. The molecule has 0 spiro atoms. The monoisotopic (exact) mass is 245 g/mol. The van der Waals surface area contributed by atoms with Gasteiger partial charge < -0.3 is 4.74 Å². The van der Waals surface area contributed by atoms with Crippen LogP contribution in [-0.2, 0) is 0 Å². The van der Waals surface area contributed by atoms with E-state index in [0.717, 1.165) is 31.7 Å². The first-order chi connectivity index (χ1) is 7.98. The summed E-state index contributed by atoms with van der Waals surface area (Å²) in [6.07, 6.45) is 0.0746. The van der Waals surface area contributed by atoms with Crippen LogP contribution in [-0.4, -0.2) is 17.3 Å². The number of aromatic nitrogens is 1. The van der Waals surface area contributed by atoms with E-state index in [1.807, 2.05) is 0 Å². The van der Waals surface area contributed by atoms with E-state index in [0.29, 0.717) is 11.7 Å². The average Bonchev–Trinajstić information content (AvgIpc) is 2.16. The summed E-state index contributed by atoms with van der Waals surface area (Å²) < 4.78 is 42.3. The Bertz CT molecular complexity index is 388. The van der Waals surface area contributed by atoms with Crippen LogP contribution in [0.4, 0.5) is 13.2 Å². The minimum Gasteiger partial charge on any atom is -0.481 e. The molecular weight excluding hydrogens is 231 g/mol. The van der Waals surface area contributed by atoms with Crippen molar-refractivity contribution in [2.45, 2.75) is 44.4 Å². The highest BCUT2D eigenvalue weighted by Gasteiger charge is 2.38. The quantitative estimate of drug-likeness (QED) is 0.810. The Morgan fingerprint density at radius 2 is 2.12 bits per heavy atom. The average molecular weight is 245 g/mol. The van der Waals surface area contributed by atoms with Crippen molar-refractivity contribution in [3.8, 4) is 5.75 Å². The van der Waals surface area contributed by atoms with Gasteiger partial charge >= 0.3 is 6.18 Å². The van der Waals surface area contributed by atoms with Crippen molar-refractivity contribution < 1.29 is 17.9 Å². The number of rotatable bonds is 3. The first kappa shape index (κ1) is 12.2. The predicted octanol–water partition coefficient (Wildman–Crippen LogP) is 3.68. The van der Waals surface area contributed by atoms with Crippen LogP contribution in [0.25, 0.3) is 0 Å². The second-order valence-electron chi connectivity index (χ2n) is 4.34. The summed E-state index contributed by atoms with van der Waals surface area (Å²) in [7, 11) is 0. The Kier molecular flexibility index (Phi) is 3.26. The third-order valence-electron chi connectivity index (χ3n) is 3.12. The Labute approximate surface area is 97.8 Å². The summed E-state index contributed by atoms with van der Waals surface area (Å²) in [5.41, 5.74) is 0.801. The van der Waals surface area contributed by atoms with E-state index in [1.165, 1.54) is 12.3 Å². The van der Waals surface area contributed by atoms with E-state index in [2.05, 4.69) is 4.98 Å². The molecule has 1 aromatic rings. The lowest BCUT2D eigenvalue weighted by Gasteiger charge is -2.28. The van der Waals surface area contributed by atoms with Crippen molar-refractivity contribution in [2.24, 2.45) is 0 Å². The van der Waals surface area contributed by atoms with Gasteiger partial charge in [-0.25, -0.2) is 0 Å². The number of nitrogens with zero attached hydrogens (tertiary/aromatic N) is 1. The van der Waals surface area contributed by atoms with E-state index in [4.69, 9.17) is 4.74 Å². The summed E-state index contributed by atoms with van der Waals surface area (Å²) in [5.74, 6) is 0.619. The van der Waals surface area contributed by atoms with E-state index >= 15 is 0 Å². The molecule has 17 heavy (non-hydrogen) atoms. The van der Waals surface area contributed by atoms with Gasteiger partial charge in [0.2, 0.25) is 0 Å². The summed E-state index contributed by atoms with van der Waals surface area (Å²) in [6.45, 7) is 1.02. The van der Waals surface area contributed by atoms with Crippen LogP contribution in [0.2, 0.25) is 0 Å². The molecule has 0 bridgehead atoms. The fourth-order valence-electron chi connectivity index (χ4n) is 1.78. The van der Waals surface area contributed by atoms with Gasteiger partial charge in [0, 0.05) is 18.0 Å². The van der Waals surface area contributed by atoms with Crippen LogP contribution >= 0.6 is 0 Å². The standard InChI is InChI=1S/C12H14F3NO/c1-8(12(13,14)15)17-11-5-6-16-7-10(11)9-3-2-4-9/h5-9H,2-4H2,1H3/t8-/m0/s1. The zero-order chi connectivity index (χ0) is 12.5. The lowest BCUT2D eigenvalue weighted by Crippen LogP contribution is -2.31. The molecule has 1 saturated carbocycles. The molecular formula is C12H14F3NO. The summed E-state index contributed by atoms with van der Waals surface area (Å²) in [6, 6.07) is 1.51. The molecule has 0 amide bonds. The molecule has 0 unspecified atom stereocenters. The first-order valence-electron chi connectivity index (χ1n) is 5.66. The van der Waals surface area contributed by atoms with E-state index < -0.39 is 12.3 Å². The fourth-order valence-corrected chi connectivity index (χ4v) is 1.78. The van der Waals surface area contributed by atoms with E-state index in [9.17, 15) is 13.2 Å². The highest BCUT2D eigenvalue weighted by Crippen LogP contribution is 2.41. The van der Waals surface area contributed by atoms with Gasteiger partial charge in [-0.2, -0.15) is 13.2 Å². The topological polar surface area (TPSA) is 22.1 Å². The van der Waals surface area contributed by atoms with Crippen LogP contribution in [0.3, 0.4) is 0 Å². The summed E-state index contributed by atoms with van der Waals surface area (Å²) >= 11 is 0. The molecule has 0 N–H and O–H groups in total. The van der Waals surface area contributed by atoms with Crippen molar-refractivity contribution in [2.75, 3.05) is 0 Å². The summed E-state index contributed by atoms with van der Waals surface area (Å²) in [5, 5.41) is 0. The number of pyridine rings is 1. The Morgan fingerprint density at radius 3 is 2.65 bits per heavy atom. The van der Waals surface area contributed by atoms with Crippen LogP contribution in [0.1, 0.15) is 37.7 Å². The molecule has 5 heteroatoms. The maximum atomic E-state index is 12.4. The van der Waals surface area contributed by atoms with Gasteiger partial charge in [-0.1, -0.05) is 6.42 Å². The molecule has 1 aliphatic rings. The van der Waals surface area contributed by atoms with Gasteiger partial charge in [-0.05, 0) is 31.7 Å². The van der Waals surface area contributed by atoms with Gasteiger partial charge in [0.15, 0.2) is 6.10 Å². The highest BCUT2D eigenvalue weighted by molar-refractivity contribution is 5.34. The minimum absolute atomic E-state index is 0.305. The molecule has 2 nitrogen and oxygen atoms in total. The van der Waals surface area contributed by atoms with Crippen LogP contribution in [0.15, 0.2) is 18.5 Å². The van der Waals surface area contributed by atoms with E-state index in [1.54, 1.807) is 6.20 Å². The molecule has 0 saturated heterocycles. The normalized spacial score (nSPS) is 18.6. The minimum atomic E-state index is -4.33. The highest BCUT2D eigenvalue weighted by atomic mass is 19.4. The van der Waals surface area contributed by atoms with Crippen molar-refractivity contribution >= 4 is 0 Å². The van der Waals surface area contributed by atoms with Crippen molar-refractivity contribution in [3.63, 3.8) is 0 Å². The second kappa shape index (κ2) is 4.55. The molecule has 94 valence electrons. The summed E-state index contributed by atoms with van der Waals surface area (Å²) in [4.78, 5) is 3.96. The molecule has 0 aromatic carbocycles. The number of hydrogen-bond donors (Lipinski definition) is 0. The zero-order valence-corrected chi connectivity index (χ0v) is 9.50. The molecule has 1 atom stereocenters. The largest absolute Gasteiger partial charge is 0.481 e. The fraction of sp³-hybridized carbons (Fsp3) is 0.583. The number of ether oxygens (including phenoxy) is 1. The Morgan fingerprint density at radius 1 is 1.41 bits per heavy atom. The Balaban J connectivity index is 2.15. The molecule has 1 fully saturated rings. The second-order valence-corrected chi connectivity index (χ2v) is 4.34. The molecule has 0 radical (unpaired) electrons. The van der Waals surface area contributed by atoms with Gasteiger partial charge in [-0.15, -0.1) is 0 Å². The maximum absolute atomic E-state index is 12.4. The molecule has 1 heterocycles. The van der Waals surface area contributed by atoms with Gasteiger partial charge in [0.1, 0.15) is 5.75 Å². The van der Waals surface area contributed by atoms with Gasteiger partial charge in [-0.3, -0.25) is 4.98 Å². The van der Waals surface area contributed by atoms with Crippen LogP contribution < -0.4 is 4.74 Å². The van der Waals surface area contributed by atoms with Crippen molar-refractivity contribution in [3.05, 3.63) is 24.0 Å². The van der Waals surface area contributed by atoms with E-state index in [-0.39, 0.29) is 0 Å². The molecule has 2 rings (SSSR count).